The Balaban J connectivity index is 1.76. The van der Waals surface area contributed by atoms with E-state index in [0.29, 0.717) is 6.54 Å². The number of hydrogen-bond acceptors (Lipinski definition) is 2. The van der Waals surface area contributed by atoms with Crippen LogP contribution in [0, 0.1) is 12.8 Å². The molecule has 1 saturated heterocycles. The second kappa shape index (κ2) is 6.34. The number of para-hydroxylation sites is 1. The van der Waals surface area contributed by atoms with Gasteiger partial charge in [0.2, 0.25) is 5.91 Å². The third kappa shape index (κ3) is 2.99. The largest absolute Gasteiger partial charge is 0.382 e. The highest BCUT2D eigenvalue weighted by Crippen LogP contribution is 2.29. The Kier molecular flexibility index (Phi) is 4.41. The third-order valence-corrected chi connectivity index (χ3v) is 5.36. The summed E-state index contributed by atoms with van der Waals surface area (Å²) < 4.78 is 2.14. The van der Waals surface area contributed by atoms with Crippen LogP contribution in [0.25, 0.3) is 10.9 Å². The molecule has 0 radical (unpaired) electrons. The lowest BCUT2D eigenvalue weighted by Crippen LogP contribution is -3.13. The van der Waals surface area contributed by atoms with Crippen LogP contribution in [0.4, 0.5) is 0 Å². The number of nitrogens with two attached hydrogens (primary N) is 1. The summed E-state index contributed by atoms with van der Waals surface area (Å²) in [6, 6.07) is 8.21. The van der Waals surface area contributed by atoms with Crippen LogP contribution in [-0.2, 0) is 11.8 Å². The van der Waals surface area contributed by atoms with Crippen LogP contribution in [0.5, 0.6) is 0 Å². The number of hydrogen-bond donors (Lipinski definition) is 3. The number of nitrogens with one attached hydrogen (secondary N) is 1. The molecular formula is C18H26N3O2+. The number of likely N-dealkylation sites (tertiary alicyclic amines) is 1. The number of aliphatic hydroxyl groups is 1. The van der Waals surface area contributed by atoms with Crippen molar-refractivity contribution in [3.63, 3.8) is 0 Å². The summed E-state index contributed by atoms with van der Waals surface area (Å²) in [7, 11) is 2.04. The van der Waals surface area contributed by atoms with Gasteiger partial charge in [0, 0.05) is 48.0 Å². The highest BCUT2D eigenvalue weighted by atomic mass is 16.3. The zero-order chi connectivity index (χ0) is 16.6. The van der Waals surface area contributed by atoms with Gasteiger partial charge in [-0.05, 0) is 13.0 Å². The summed E-state index contributed by atoms with van der Waals surface area (Å²) in [6.45, 7) is 4.54. The highest BCUT2D eigenvalue weighted by molar-refractivity contribution is 5.85. The first-order valence-electron chi connectivity index (χ1n) is 8.34. The maximum atomic E-state index is 11.3. The van der Waals surface area contributed by atoms with Gasteiger partial charge in [-0.2, -0.15) is 0 Å². The number of nitrogens with zero attached hydrogens (tertiary/aromatic N) is 1. The number of fused-ring (bicyclic) bond motifs is 1. The topological polar surface area (TPSA) is 72.7 Å². The summed E-state index contributed by atoms with van der Waals surface area (Å²) >= 11 is 0. The van der Waals surface area contributed by atoms with Crippen molar-refractivity contribution in [2.75, 3.05) is 19.6 Å². The highest BCUT2D eigenvalue weighted by Gasteiger charge is 2.29. The van der Waals surface area contributed by atoms with E-state index in [1.165, 1.54) is 4.90 Å². The Morgan fingerprint density at radius 3 is 2.70 bits per heavy atom. The summed E-state index contributed by atoms with van der Waals surface area (Å²) in [6.07, 6.45) is 1.17. The molecule has 0 bridgehead atoms. The lowest BCUT2D eigenvalue weighted by Gasteiger charge is -2.29. The van der Waals surface area contributed by atoms with Crippen LogP contribution in [0.3, 0.4) is 0 Å². The lowest BCUT2D eigenvalue weighted by molar-refractivity contribution is -0.909. The molecule has 1 atom stereocenters. The van der Waals surface area contributed by atoms with Crippen molar-refractivity contribution in [3.05, 3.63) is 35.5 Å². The van der Waals surface area contributed by atoms with Crippen molar-refractivity contribution in [3.8, 4) is 0 Å². The van der Waals surface area contributed by atoms with E-state index in [2.05, 4.69) is 23.6 Å². The van der Waals surface area contributed by atoms with E-state index in [0.717, 1.165) is 48.1 Å². The first-order chi connectivity index (χ1) is 11.0. The minimum Gasteiger partial charge on any atom is -0.382 e. The second-order valence-corrected chi connectivity index (χ2v) is 6.72. The fourth-order valence-electron chi connectivity index (χ4n) is 3.86. The molecule has 1 aliphatic rings. The van der Waals surface area contributed by atoms with Crippen molar-refractivity contribution in [2.24, 2.45) is 18.7 Å². The average Bonchev–Trinajstić information content (AvgIpc) is 2.80. The Hall–Kier alpha value is -1.85. The SMILES string of the molecule is Cc1c([C@H](O)C[NH+]2CCC(C(N)=O)CC2)c2ccccc2n1C. The number of quaternary nitrogens is 1. The van der Waals surface area contributed by atoms with Crippen molar-refractivity contribution >= 4 is 16.8 Å². The number of rotatable bonds is 4. The molecule has 2 heterocycles. The molecule has 4 N–H and O–H groups in total. The Morgan fingerprint density at radius 1 is 1.39 bits per heavy atom. The van der Waals surface area contributed by atoms with Crippen molar-refractivity contribution in [1.82, 2.24) is 4.57 Å². The number of aliphatic hydroxyl groups excluding tert-OH is 1. The van der Waals surface area contributed by atoms with E-state index in [4.69, 9.17) is 5.73 Å². The standard InChI is InChI=1S/C18H25N3O2/c1-12-17(14-5-3-4-6-15(14)20(12)2)16(22)11-21-9-7-13(8-10-21)18(19)23/h3-6,13,16,22H,7-11H2,1-2H3,(H2,19,23)/p+1/t16-/m1/s1. The number of amides is 1. The number of piperidine rings is 1. The van der Waals surface area contributed by atoms with Crippen LogP contribution < -0.4 is 10.6 Å². The third-order valence-electron chi connectivity index (χ3n) is 5.36. The van der Waals surface area contributed by atoms with Crippen molar-refractivity contribution in [2.45, 2.75) is 25.9 Å². The predicted molar refractivity (Wildman–Crippen MR) is 90.1 cm³/mol. The number of benzene rings is 1. The fourth-order valence-corrected chi connectivity index (χ4v) is 3.86. The fraction of sp³-hybridized carbons (Fsp3) is 0.500. The lowest BCUT2D eigenvalue weighted by atomic mass is 9.95. The van der Waals surface area contributed by atoms with Gasteiger partial charge in [-0.15, -0.1) is 0 Å². The summed E-state index contributed by atoms with van der Waals surface area (Å²) in [5, 5.41) is 11.9. The summed E-state index contributed by atoms with van der Waals surface area (Å²) in [5.74, 6) is -0.176. The zero-order valence-electron chi connectivity index (χ0n) is 13.9. The smallest absolute Gasteiger partial charge is 0.220 e. The van der Waals surface area contributed by atoms with Gasteiger partial charge in [-0.3, -0.25) is 4.79 Å². The van der Waals surface area contributed by atoms with Gasteiger partial charge in [-0.25, -0.2) is 0 Å². The average molecular weight is 316 g/mol. The molecular weight excluding hydrogens is 290 g/mol. The first kappa shape index (κ1) is 16.0. The maximum absolute atomic E-state index is 11.3. The van der Waals surface area contributed by atoms with Gasteiger partial charge in [-0.1, -0.05) is 18.2 Å². The molecule has 2 aromatic rings. The van der Waals surface area contributed by atoms with E-state index in [9.17, 15) is 9.90 Å². The Labute approximate surface area is 136 Å². The quantitative estimate of drug-likeness (QED) is 0.759. The van der Waals surface area contributed by atoms with Gasteiger partial charge in [0.1, 0.15) is 12.6 Å². The molecule has 23 heavy (non-hydrogen) atoms. The number of primary amides is 1. The molecule has 0 saturated carbocycles. The molecule has 3 rings (SSSR count). The van der Waals surface area contributed by atoms with E-state index < -0.39 is 6.10 Å². The predicted octanol–water partition coefficient (Wildman–Crippen LogP) is 0.300. The van der Waals surface area contributed by atoms with E-state index in [1.54, 1.807) is 0 Å². The van der Waals surface area contributed by atoms with Gasteiger partial charge in [0.25, 0.3) is 0 Å². The van der Waals surface area contributed by atoms with Crippen LogP contribution in [0.15, 0.2) is 24.3 Å². The molecule has 5 heteroatoms. The number of carbonyl (C=O) groups is 1. The first-order valence-corrected chi connectivity index (χ1v) is 8.34. The molecule has 0 unspecified atom stereocenters. The Bertz CT molecular complexity index is 714. The van der Waals surface area contributed by atoms with Gasteiger partial charge >= 0.3 is 0 Å². The molecule has 1 aromatic heterocycles. The van der Waals surface area contributed by atoms with E-state index in [1.807, 2.05) is 19.2 Å². The van der Waals surface area contributed by atoms with Gasteiger partial charge in [0.15, 0.2) is 0 Å². The maximum Gasteiger partial charge on any atom is 0.220 e. The van der Waals surface area contributed by atoms with Crippen LogP contribution in [0.2, 0.25) is 0 Å². The van der Waals surface area contributed by atoms with Gasteiger partial charge < -0.3 is 20.3 Å². The zero-order valence-corrected chi connectivity index (χ0v) is 13.9. The second-order valence-electron chi connectivity index (χ2n) is 6.72. The van der Waals surface area contributed by atoms with Gasteiger partial charge in [0.05, 0.1) is 13.1 Å². The molecule has 1 aromatic carbocycles. The minimum absolute atomic E-state index is 0.00943. The van der Waals surface area contributed by atoms with Crippen molar-refractivity contribution in [1.29, 1.82) is 0 Å². The molecule has 1 aliphatic heterocycles. The molecule has 1 fully saturated rings. The molecule has 124 valence electrons. The normalized spacial score (nSPS) is 23.1. The van der Waals surface area contributed by atoms with Crippen LogP contribution >= 0.6 is 0 Å². The number of carbonyl (C=O) groups excluding carboxylic acids is 1. The summed E-state index contributed by atoms with van der Waals surface area (Å²) in [4.78, 5) is 12.6. The molecule has 1 amide bonds. The van der Waals surface area contributed by atoms with Crippen LogP contribution in [0.1, 0.15) is 30.2 Å². The summed E-state index contributed by atoms with van der Waals surface area (Å²) in [5.41, 5.74) is 8.69. The van der Waals surface area contributed by atoms with Crippen LogP contribution in [-0.4, -0.2) is 35.2 Å². The monoisotopic (exact) mass is 316 g/mol. The van der Waals surface area contributed by atoms with Crippen molar-refractivity contribution < 1.29 is 14.8 Å². The minimum atomic E-state index is -0.485. The molecule has 0 spiro atoms. The molecule has 5 nitrogen and oxygen atoms in total. The number of aromatic nitrogens is 1. The molecule has 0 aliphatic carbocycles. The number of aryl methyl sites for hydroxylation is 1. The van der Waals surface area contributed by atoms with E-state index >= 15 is 0 Å². The van der Waals surface area contributed by atoms with E-state index in [-0.39, 0.29) is 11.8 Å². The Morgan fingerprint density at radius 2 is 2.04 bits per heavy atom.